The van der Waals surface area contributed by atoms with Crippen LogP contribution >= 0.6 is 0 Å². The predicted molar refractivity (Wildman–Crippen MR) is 139 cm³/mol. The van der Waals surface area contributed by atoms with Crippen molar-refractivity contribution in [2.45, 2.75) is 76.2 Å². The van der Waals surface area contributed by atoms with Gasteiger partial charge in [0.05, 0.1) is 6.10 Å². The highest BCUT2D eigenvalue weighted by Crippen LogP contribution is 2.39. The van der Waals surface area contributed by atoms with Gasteiger partial charge in [0, 0.05) is 18.2 Å². The summed E-state index contributed by atoms with van der Waals surface area (Å²) in [6.07, 6.45) is 12.5. The zero-order valence-electron chi connectivity index (χ0n) is 21.2. The van der Waals surface area contributed by atoms with Gasteiger partial charge in [-0.1, -0.05) is 43.0 Å². The van der Waals surface area contributed by atoms with Gasteiger partial charge in [-0.15, -0.1) is 0 Å². The average molecular weight is 499 g/mol. The molecule has 2 aromatic carbocycles. The van der Waals surface area contributed by atoms with E-state index in [4.69, 9.17) is 9.47 Å². The van der Waals surface area contributed by atoms with E-state index in [9.17, 15) is 13.2 Å². The molecule has 0 saturated heterocycles. The van der Waals surface area contributed by atoms with Gasteiger partial charge >= 0.3 is 0 Å². The molecule has 0 aromatic heterocycles. The van der Waals surface area contributed by atoms with Crippen LogP contribution in [0.25, 0.3) is 6.08 Å². The summed E-state index contributed by atoms with van der Waals surface area (Å²) in [6, 6.07) is 8.52. The second-order valence-electron chi connectivity index (χ2n) is 10.1. The summed E-state index contributed by atoms with van der Waals surface area (Å²) in [5, 5.41) is 0. The smallest absolute Gasteiger partial charge is 0.166 e. The third-order valence-electron chi connectivity index (χ3n) is 7.76. The largest absolute Gasteiger partial charge is 0.489 e. The second kappa shape index (κ2) is 12.6. The van der Waals surface area contributed by atoms with Gasteiger partial charge in [0.15, 0.2) is 11.6 Å². The number of ether oxygens (including phenoxy) is 2. The molecule has 2 aliphatic carbocycles. The van der Waals surface area contributed by atoms with Crippen LogP contribution in [0.4, 0.5) is 13.2 Å². The zero-order valence-corrected chi connectivity index (χ0v) is 21.2. The Kier molecular flexibility index (Phi) is 9.30. The van der Waals surface area contributed by atoms with E-state index in [1.807, 2.05) is 19.1 Å². The molecule has 4 rings (SSSR count). The molecule has 5 heteroatoms. The molecule has 0 N–H and O–H groups in total. The van der Waals surface area contributed by atoms with E-state index < -0.39 is 11.6 Å². The lowest BCUT2D eigenvalue weighted by atomic mass is 9.78. The monoisotopic (exact) mass is 498 g/mol. The molecular weight excluding hydrogens is 461 g/mol. The fraction of sp³-hybridized carbons (Fsp3) is 0.484. The van der Waals surface area contributed by atoms with Gasteiger partial charge in [0.2, 0.25) is 0 Å². The Bertz CT molecular complexity index is 1050. The van der Waals surface area contributed by atoms with Crippen molar-refractivity contribution in [3.8, 4) is 5.75 Å². The minimum atomic E-state index is -0.759. The van der Waals surface area contributed by atoms with E-state index in [-0.39, 0.29) is 29.7 Å². The first-order chi connectivity index (χ1) is 17.5. The van der Waals surface area contributed by atoms with Crippen LogP contribution < -0.4 is 4.74 Å². The van der Waals surface area contributed by atoms with Crippen LogP contribution in [0.3, 0.4) is 0 Å². The molecule has 0 heterocycles. The summed E-state index contributed by atoms with van der Waals surface area (Å²) in [5.74, 6) is -0.717. The Morgan fingerprint density at radius 3 is 2.19 bits per heavy atom. The highest BCUT2D eigenvalue weighted by Gasteiger charge is 2.27. The third-order valence-corrected chi connectivity index (χ3v) is 7.76. The lowest BCUT2D eigenvalue weighted by Gasteiger charge is -2.29. The standard InChI is InChI=1S/C31H37F3O2/c1-3-19-36-26-16-18-27(29(32)20-26)22-8-5-21(6-9-22)7-10-24-13-17-28(31(34)30(24)33)23-11-14-25(15-12-23)35-4-2/h3,7,10,13,16-18,20-23,25H,1,4-6,8-9,11-12,14-15,19H2,2H3/b10-7+. The maximum absolute atomic E-state index is 14.9. The van der Waals surface area contributed by atoms with E-state index in [0.29, 0.717) is 30.1 Å². The minimum absolute atomic E-state index is 0.0486. The molecule has 0 radical (unpaired) electrons. The molecule has 2 aliphatic rings. The van der Waals surface area contributed by atoms with E-state index in [1.54, 1.807) is 30.4 Å². The molecule has 2 fully saturated rings. The molecule has 36 heavy (non-hydrogen) atoms. The van der Waals surface area contributed by atoms with Gasteiger partial charge in [0.1, 0.15) is 18.2 Å². The fourth-order valence-electron chi connectivity index (χ4n) is 5.75. The number of hydrogen-bond acceptors (Lipinski definition) is 2. The maximum Gasteiger partial charge on any atom is 0.166 e. The number of benzene rings is 2. The first-order valence-electron chi connectivity index (χ1n) is 13.3. The van der Waals surface area contributed by atoms with Gasteiger partial charge in [0.25, 0.3) is 0 Å². The normalized spacial score (nSPS) is 24.7. The summed E-state index contributed by atoms with van der Waals surface area (Å²) >= 11 is 0. The molecule has 0 spiro atoms. The Morgan fingerprint density at radius 2 is 1.53 bits per heavy atom. The van der Waals surface area contributed by atoms with E-state index in [0.717, 1.165) is 56.9 Å². The minimum Gasteiger partial charge on any atom is -0.489 e. The summed E-state index contributed by atoms with van der Waals surface area (Å²) < 4.78 is 55.6. The molecule has 2 saturated carbocycles. The Morgan fingerprint density at radius 1 is 0.861 bits per heavy atom. The molecule has 0 atom stereocenters. The van der Waals surface area contributed by atoms with Gasteiger partial charge in [-0.05, 0) is 93.2 Å². The van der Waals surface area contributed by atoms with Crippen molar-refractivity contribution < 1.29 is 22.6 Å². The summed E-state index contributed by atoms with van der Waals surface area (Å²) in [6.45, 7) is 6.63. The summed E-state index contributed by atoms with van der Waals surface area (Å²) in [7, 11) is 0. The SMILES string of the molecule is C=CCOc1ccc(C2CCC(/C=C/c3ccc(C4CCC(OCC)CC4)c(F)c3F)CC2)c(F)c1. The van der Waals surface area contributed by atoms with Crippen molar-refractivity contribution in [2.24, 2.45) is 5.92 Å². The van der Waals surface area contributed by atoms with Crippen LogP contribution in [0.2, 0.25) is 0 Å². The van der Waals surface area contributed by atoms with E-state index >= 15 is 0 Å². The first kappa shape index (κ1) is 26.5. The number of hydrogen-bond donors (Lipinski definition) is 0. The lowest BCUT2D eigenvalue weighted by Crippen LogP contribution is -2.21. The van der Waals surface area contributed by atoms with Gasteiger partial charge < -0.3 is 9.47 Å². The van der Waals surface area contributed by atoms with Crippen LogP contribution in [-0.2, 0) is 4.74 Å². The van der Waals surface area contributed by atoms with Crippen molar-refractivity contribution in [3.05, 3.63) is 83.2 Å². The van der Waals surface area contributed by atoms with Crippen molar-refractivity contribution in [1.82, 2.24) is 0 Å². The van der Waals surface area contributed by atoms with Crippen molar-refractivity contribution in [1.29, 1.82) is 0 Å². The Labute approximate surface area is 213 Å². The summed E-state index contributed by atoms with van der Waals surface area (Å²) in [5.41, 5.74) is 1.51. The second-order valence-corrected chi connectivity index (χ2v) is 10.1. The molecular formula is C31H37F3O2. The fourth-order valence-corrected chi connectivity index (χ4v) is 5.75. The van der Waals surface area contributed by atoms with Gasteiger partial charge in [-0.2, -0.15) is 0 Å². The third kappa shape index (κ3) is 6.42. The first-order valence-corrected chi connectivity index (χ1v) is 13.3. The maximum atomic E-state index is 14.9. The summed E-state index contributed by atoms with van der Waals surface area (Å²) in [4.78, 5) is 0. The topological polar surface area (TPSA) is 18.5 Å². The average Bonchev–Trinajstić information content (AvgIpc) is 2.90. The highest BCUT2D eigenvalue weighted by atomic mass is 19.2. The van der Waals surface area contributed by atoms with Crippen LogP contribution in [0, 0.1) is 23.4 Å². The lowest BCUT2D eigenvalue weighted by molar-refractivity contribution is 0.0325. The van der Waals surface area contributed by atoms with Crippen LogP contribution in [0.1, 0.15) is 86.8 Å². The molecule has 2 nitrogen and oxygen atoms in total. The number of rotatable bonds is 9. The van der Waals surface area contributed by atoms with E-state index in [1.165, 1.54) is 6.07 Å². The predicted octanol–water partition coefficient (Wildman–Crippen LogP) is 8.72. The van der Waals surface area contributed by atoms with Crippen LogP contribution in [0.15, 0.2) is 49.1 Å². The van der Waals surface area contributed by atoms with Crippen LogP contribution in [-0.4, -0.2) is 19.3 Å². The van der Waals surface area contributed by atoms with Crippen molar-refractivity contribution in [2.75, 3.05) is 13.2 Å². The van der Waals surface area contributed by atoms with Crippen molar-refractivity contribution >= 4 is 6.08 Å². The number of allylic oxidation sites excluding steroid dienone is 1. The molecule has 194 valence electrons. The molecule has 0 amide bonds. The molecule has 0 aliphatic heterocycles. The van der Waals surface area contributed by atoms with Gasteiger partial charge in [-0.25, -0.2) is 13.2 Å². The Hall–Kier alpha value is -2.53. The zero-order chi connectivity index (χ0) is 25.5. The number of halogens is 3. The van der Waals surface area contributed by atoms with Crippen molar-refractivity contribution in [3.63, 3.8) is 0 Å². The van der Waals surface area contributed by atoms with E-state index in [2.05, 4.69) is 6.58 Å². The molecule has 0 unspecified atom stereocenters. The Balaban J connectivity index is 1.33. The highest BCUT2D eigenvalue weighted by molar-refractivity contribution is 5.52. The molecule has 0 bridgehead atoms. The van der Waals surface area contributed by atoms with Gasteiger partial charge in [-0.3, -0.25) is 0 Å². The van der Waals surface area contributed by atoms with Crippen LogP contribution in [0.5, 0.6) is 5.75 Å². The molecule has 2 aromatic rings. The quantitative estimate of drug-likeness (QED) is 0.322.